The van der Waals surface area contributed by atoms with Crippen molar-refractivity contribution in [2.45, 2.75) is 6.42 Å². The zero-order chi connectivity index (χ0) is 19.9. The van der Waals surface area contributed by atoms with Gasteiger partial charge in [0.15, 0.2) is 11.6 Å². The highest BCUT2D eigenvalue weighted by Gasteiger charge is 2.10. The van der Waals surface area contributed by atoms with E-state index in [2.05, 4.69) is 15.6 Å². The number of methoxy groups -OCH3 is 1. The van der Waals surface area contributed by atoms with Gasteiger partial charge in [-0.15, -0.1) is 0 Å². The maximum Gasteiger partial charge on any atom is 0.257 e. The summed E-state index contributed by atoms with van der Waals surface area (Å²) in [5.41, 5.74) is 2.31. The lowest BCUT2D eigenvalue weighted by Crippen LogP contribution is -2.13. The Morgan fingerprint density at radius 2 is 1.79 bits per heavy atom. The molecule has 0 aliphatic rings. The molecule has 3 rings (SSSR count). The zero-order valence-corrected chi connectivity index (χ0v) is 15.2. The van der Waals surface area contributed by atoms with Crippen LogP contribution in [0.2, 0.25) is 0 Å². The predicted molar refractivity (Wildman–Crippen MR) is 104 cm³/mol. The Labute approximate surface area is 161 Å². The highest BCUT2D eigenvalue weighted by atomic mass is 19.2. The van der Waals surface area contributed by atoms with Crippen molar-refractivity contribution in [1.29, 1.82) is 0 Å². The number of halogens is 2. The van der Waals surface area contributed by atoms with Crippen molar-refractivity contribution < 1.29 is 18.3 Å². The molecule has 0 atom stereocenters. The molecule has 5 nitrogen and oxygen atoms in total. The van der Waals surface area contributed by atoms with Crippen LogP contribution in [0.4, 0.5) is 20.2 Å². The molecule has 0 aliphatic heterocycles. The number of nitrogens with one attached hydrogen (secondary N) is 2. The lowest BCUT2D eigenvalue weighted by atomic mass is 10.1. The molecule has 7 heteroatoms. The first-order valence-electron chi connectivity index (χ1n) is 8.63. The Morgan fingerprint density at radius 1 is 1.00 bits per heavy atom. The van der Waals surface area contributed by atoms with Crippen LogP contribution < -0.4 is 15.4 Å². The smallest absolute Gasteiger partial charge is 0.257 e. The van der Waals surface area contributed by atoms with Crippen molar-refractivity contribution >= 4 is 17.3 Å². The van der Waals surface area contributed by atoms with Gasteiger partial charge in [0, 0.05) is 30.7 Å². The predicted octanol–water partition coefficient (Wildman–Crippen LogP) is 4.28. The van der Waals surface area contributed by atoms with Crippen molar-refractivity contribution in [2.75, 3.05) is 24.3 Å². The van der Waals surface area contributed by atoms with Crippen LogP contribution in [-0.2, 0) is 6.42 Å². The number of pyridine rings is 1. The molecule has 0 saturated carbocycles. The minimum absolute atomic E-state index is 0.168. The number of anilines is 2. The van der Waals surface area contributed by atoms with Gasteiger partial charge in [0.1, 0.15) is 5.75 Å². The molecule has 0 fully saturated rings. The number of hydrogen-bond donors (Lipinski definition) is 2. The highest BCUT2D eigenvalue weighted by molar-refractivity contribution is 6.04. The molecule has 1 amide bonds. The molecule has 0 bridgehead atoms. The van der Waals surface area contributed by atoms with E-state index in [9.17, 15) is 13.6 Å². The van der Waals surface area contributed by atoms with Gasteiger partial charge in [-0.05, 0) is 42.3 Å². The average Bonchev–Trinajstić information content (AvgIpc) is 2.71. The molecule has 144 valence electrons. The number of carbonyl (C=O) groups excluding carboxylic acids is 1. The number of amides is 1. The van der Waals surface area contributed by atoms with Crippen LogP contribution in [0.15, 0.2) is 60.9 Å². The number of aromatic nitrogens is 1. The summed E-state index contributed by atoms with van der Waals surface area (Å²) in [6, 6.07) is 12.6. The maximum absolute atomic E-state index is 13.3. The minimum Gasteiger partial charge on any atom is -0.497 e. The number of rotatable bonds is 7. The van der Waals surface area contributed by atoms with Gasteiger partial charge in [-0.2, -0.15) is 0 Å². The summed E-state index contributed by atoms with van der Waals surface area (Å²) in [7, 11) is 1.62. The molecule has 28 heavy (non-hydrogen) atoms. The molecule has 0 aliphatic carbocycles. The molecule has 0 unspecified atom stereocenters. The van der Waals surface area contributed by atoms with Crippen LogP contribution in [-0.4, -0.2) is 24.5 Å². The van der Waals surface area contributed by atoms with E-state index in [-0.39, 0.29) is 5.69 Å². The van der Waals surface area contributed by atoms with Crippen molar-refractivity contribution in [3.63, 3.8) is 0 Å². The maximum atomic E-state index is 13.3. The van der Waals surface area contributed by atoms with Gasteiger partial charge in [0.05, 0.1) is 18.4 Å². The molecule has 1 aromatic heterocycles. The van der Waals surface area contributed by atoms with Crippen LogP contribution in [0.3, 0.4) is 0 Å². The molecule has 2 N–H and O–H groups in total. The lowest BCUT2D eigenvalue weighted by molar-refractivity contribution is 0.102. The van der Waals surface area contributed by atoms with Crippen LogP contribution in [0, 0.1) is 11.6 Å². The van der Waals surface area contributed by atoms with E-state index < -0.39 is 17.5 Å². The third-order valence-corrected chi connectivity index (χ3v) is 4.08. The number of hydrogen-bond acceptors (Lipinski definition) is 4. The number of carbonyl (C=O) groups is 1. The monoisotopic (exact) mass is 383 g/mol. The fraction of sp³-hybridized carbons (Fsp3) is 0.143. The van der Waals surface area contributed by atoms with E-state index in [1.165, 1.54) is 12.3 Å². The number of benzene rings is 2. The fourth-order valence-electron chi connectivity index (χ4n) is 2.58. The van der Waals surface area contributed by atoms with E-state index in [0.717, 1.165) is 29.9 Å². The van der Waals surface area contributed by atoms with Crippen molar-refractivity contribution in [3.8, 4) is 5.75 Å². The van der Waals surface area contributed by atoms with E-state index in [1.807, 2.05) is 24.3 Å². The summed E-state index contributed by atoms with van der Waals surface area (Å²) in [4.78, 5) is 16.4. The van der Waals surface area contributed by atoms with Gasteiger partial charge >= 0.3 is 0 Å². The van der Waals surface area contributed by atoms with Crippen molar-refractivity contribution in [3.05, 3.63) is 83.7 Å². The summed E-state index contributed by atoms with van der Waals surface area (Å²) in [6.45, 7) is 0.655. The lowest BCUT2D eigenvalue weighted by Gasteiger charge is -2.09. The van der Waals surface area contributed by atoms with Gasteiger partial charge < -0.3 is 15.4 Å². The molecule has 2 aromatic carbocycles. The summed E-state index contributed by atoms with van der Waals surface area (Å²) < 4.78 is 31.4. The van der Waals surface area contributed by atoms with Crippen molar-refractivity contribution in [1.82, 2.24) is 4.98 Å². The van der Waals surface area contributed by atoms with E-state index >= 15 is 0 Å². The molecule has 1 heterocycles. The highest BCUT2D eigenvalue weighted by Crippen LogP contribution is 2.16. The normalized spacial score (nSPS) is 10.4. The second-order valence-corrected chi connectivity index (χ2v) is 6.07. The van der Waals surface area contributed by atoms with Crippen LogP contribution in [0.25, 0.3) is 0 Å². The van der Waals surface area contributed by atoms with Crippen molar-refractivity contribution in [2.24, 2.45) is 0 Å². The Hall–Kier alpha value is -3.48. The quantitative estimate of drug-likeness (QED) is 0.639. The first-order valence-corrected chi connectivity index (χ1v) is 8.63. The minimum atomic E-state index is -1.02. The van der Waals surface area contributed by atoms with E-state index in [4.69, 9.17) is 4.74 Å². The van der Waals surface area contributed by atoms with Crippen LogP contribution in [0.5, 0.6) is 5.75 Å². The average molecular weight is 383 g/mol. The second-order valence-electron chi connectivity index (χ2n) is 6.07. The molecular weight excluding hydrogens is 364 g/mol. The number of ether oxygens (including phenoxy) is 1. The third kappa shape index (κ3) is 5.03. The summed E-state index contributed by atoms with van der Waals surface area (Å²) in [5.74, 6) is -1.65. The van der Waals surface area contributed by atoms with Gasteiger partial charge in [-0.1, -0.05) is 12.1 Å². The van der Waals surface area contributed by atoms with Crippen LogP contribution in [0.1, 0.15) is 15.9 Å². The summed E-state index contributed by atoms with van der Waals surface area (Å²) in [5, 5.41) is 5.74. The summed E-state index contributed by atoms with van der Waals surface area (Å²) >= 11 is 0. The first kappa shape index (κ1) is 19.3. The second kappa shape index (κ2) is 8.94. The standard InChI is InChI=1S/C21H19F2N3O2/c1-28-18-5-2-14(3-6-18)8-9-25-17-10-15(12-24-13-17)21(27)26-16-4-7-19(22)20(23)11-16/h2-7,10-13,25H,8-9H2,1H3,(H,26,27). The number of nitrogens with zero attached hydrogens (tertiary/aromatic N) is 1. The zero-order valence-electron chi connectivity index (χ0n) is 15.2. The Bertz CT molecular complexity index is 962. The summed E-state index contributed by atoms with van der Waals surface area (Å²) in [6.07, 6.45) is 3.81. The Balaban J connectivity index is 1.58. The molecule has 0 saturated heterocycles. The SMILES string of the molecule is COc1ccc(CCNc2cncc(C(=O)Nc3ccc(F)c(F)c3)c2)cc1. The van der Waals surface area contributed by atoms with Gasteiger partial charge in [0.25, 0.3) is 5.91 Å². The topological polar surface area (TPSA) is 63.2 Å². The van der Waals surface area contributed by atoms with E-state index in [1.54, 1.807) is 19.4 Å². The third-order valence-electron chi connectivity index (χ3n) is 4.08. The fourth-order valence-corrected chi connectivity index (χ4v) is 2.58. The Kier molecular flexibility index (Phi) is 6.16. The molecule has 0 radical (unpaired) electrons. The largest absolute Gasteiger partial charge is 0.497 e. The Morgan fingerprint density at radius 3 is 2.50 bits per heavy atom. The van der Waals surface area contributed by atoms with Gasteiger partial charge in [-0.3, -0.25) is 9.78 Å². The molecule has 3 aromatic rings. The van der Waals surface area contributed by atoms with Crippen LogP contribution >= 0.6 is 0 Å². The first-order chi connectivity index (χ1) is 13.5. The molecule has 0 spiro atoms. The van der Waals surface area contributed by atoms with Gasteiger partial charge in [0.2, 0.25) is 0 Å². The molecular formula is C21H19F2N3O2. The van der Waals surface area contributed by atoms with Gasteiger partial charge in [-0.25, -0.2) is 8.78 Å². The van der Waals surface area contributed by atoms with E-state index in [0.29, 0.717) is 17.8 Å².